The van der Waals surface area contributed by atoms with Crippen molar-refractivity contribution in [3.8, 4) is 11.9 Å². The van der Waals surface area contributed by atoms with Crippen LogP contribution in [0.1, 0.15) is 0 Å². The minimum Gasteiger partial charge on any atom is -0.481 e. The number of carbonyl (C=O) groups excluding carboxylic acids is 2. The molecule has 0 bridgehead atoms. The number of nitrogens with zero attached hydrogens (tertiary/aromatic N) is 3. The molecule has 2 heterocycles. The maximum absolute atomic E-state index is 12.9. The number of sulfonamides is 1. The fourth-order valence-corrected chi connectivity index (χ4v) is 3.99. The van der Waals surface area contributed by atoms with Gasteiger partial charge in [-0.25, -0.2) is 18.0 Å². The third kappa shape index (κ3) is 5.18. The largest absolute Gasteiger partial charge is 0.481 e. The Hall–Kier alpha value is -3.91. The molecule has 0 saturated carbocycles. The zero-order valence-electron chi connectivity index (χ0n) is 18.7. The normalized spacial score (nSPS) is 13.8. The van der Waals surface area contributed by atoms with E-state index in [1.807, 2.05) is 0 Å². The second-order valence-electron chi connectivity index (χ2n) is 6.60. The van der Waals surface area contributed by atoms with Gasteiger partial charge in [0, 0.05) is 11.8 Å². The lowest BCUT2D eigenvalue weighted by atomic mass is 10.1. The molecule has 0 unspecified atom stereocenters. The Bertz CT molecular complexity index is 1190. The van der Waals surface area contributed by atoms with Gasteiger partial charge >= 0.3 is 17.9 Å². The molecule has 0 fully saturated rings. The summed E-state index contributed by atoms with van der Waals surface area (Å²) in [6.45, 7) is -0.217. The molecule has 1 aromatic heterocycles. The molecule has 1 N–H and O–H groups in total. The highest BCUT2D eigenvalue weighted by Gasteiger charge is 2.32. The number of hydrogen-bond acceptors (Lipinski definition) is 12. The molecular formula is C20H22N4O9S. The van der Waals surface area contributed by atoms with Gasteiger partial charge in [0.1, 0.15) is 12.4 Å². The maximum atomic E-state index is 12.9. The van der Waals surface area contributed by atoms with Crippen LogP contribution >= 0.6 is 0 Å². The van der Waals surface area contributed by atoms with E-state index < -0.39 is 22.0 Å². The van der Waals surface area contributed by atoms with Crippen molar-refractivity contribution in [2.45, 2.75) is 4.90 Å². The molecular weight excluding hydrogens is 472 g/mol. The van der Waals surface area contributed by atoms with Crippen molar-refractivity contribution >= 4 is 33.5 Å². The van der Waals surface area contributed by atoms with Gasteiger partial charge in [-0.1, -0.05) is 0 Å². The van der Waals surface area contributed by atoms with Crippen LogP contribution in [0.2, 0.25) is 0 Å². The van der Waals surface area contributed by atoms with E-state index >= 15 is 0 Å². The van der Waals surface area contributed by atoms with Gasteiger partial charge in [-0.15, -0.1) is 0 Å². The summed E-state index contributed by atoms with van der Waals surface area (Å²) in [5.41, 5.74) is 0.297. The lowest BCUT2D eigenvalue weighted by Crippen LogP contribution is -2.38. The van der Waals surface area contributed by atoms with Crippen LogP contribution in [-0.4, -0.2) is 72.1 Å². The SMILES string of the molecule is COC(=O)C1=C(C(=O)OC)N(c2ccc(S(=O)(=O)Nc3cc(OC)nc(OC)n3)cc2)COC1. The monoisotopic (exact) mass is 494 g/mol. The van der Waals surface area contributed by atoms with Crippen LogP contribution < -0.4 is 19.1 Å². The molecule has 14 heteroatoms. The molecule has 34 heavy (non-hydrogen) atoms. The van der Waals surface area contributed by atoms with Gasteiger partial charge in [0.25, 0.3) is 10.0 Å². The van der Waals surface area contributed by atoms with Crippen LogP contribution in [0.4, 0.5) is 11.5 Å². The standard InChI is InChI=1S/C20H22N4O9S/c1-29-16-9-15(21-20(22-16)32-4)23-34(27,28)13-7-5-12(6-8-13)24-11-33-10-14(18(25)30-2)17(24)19(26)31-3/h5-9H,10-11H2,1-4H3,(H,21,22,23). The Kier molecular flexibility index (Phi) is 7.53. The number of rotatable bonds is 8. The number of nitrogens with one attached hydrogen (secondary N) is 1. The number of methoxy groups -OCH3 is 4. The third-order valence-corrected chi connectivity index (χ3v) is 5.98. The van der Waals surface area contributed by atoms with E-state index in [-0.39, 0.29) is 47.2 Å². The minimum absolute atomic E-state index is 0.0226. The van der Waals surface area contributed by atoms with E-state index in [0.29, 0.717) is 5.69 Å². The van der Waals surface area contributed by atoms with E-state index in [9.17, 15) is 18.0 Å². The van der Waals surface area contributed by atoms with Crippen molar-refractivity contribution in [3.05, 3.63) is 41.6 Å². The zero-order chi connectivity index (χ0) is 24.9. The summed E-state index contributed by atoms with van der Waals surface area (Å²) in [7, 11) is 1.00. The van der Waals surface area contributed by atoms with Crippen molar-refractivity contribution in [2.24, 2.45) is 0 Å². The van der Waals surface area contributed by atoms with Crippen molar-refractivity contribution in [2.75, 3.05) is 51.4 Å². The number of ether oxygens (including phenoxy) is 5. The van der Waals surface area contributed by atoms with Crippen molar-refractivity contribution < 1.29 is 41.7 Å². The van der Waals surface area contributed by atoms with Gasteiger partial charge in [0.05, 0.1) is 45.5 Å². The van der Waals surface area contributed by atoms with Crippen LogP contribution in [0.15, 0.2) is 46.5 Å². The Morgan fingerprint density at radius 3 is 2.26 bits per heavy atom. The molecule has 3 rings (SSSR count). The Balaban J connectivity index is 1.92. The van der Waals surface area contributed by atoms with Crippen LogP contribution in [0.5, 0.6) is 11.9 Å². The summed E-state index contributed by atoms with van der Waals surface area (Å²) in [6, 6.07) is 6.73. The average Bonchev–Trinajstić information content (AvgIpc) is 2.86. The van der Waals surface area contributed by atoms with Crippen molar-refractivity contribution in [3.63, 3.8) is 0 Å². The summed E-state index contributed by atoms with van der Waals surface area (Å²) in [4.78, 5) is 33.6. The summed E-state index contributed by atoms with van der Waals surface area (Å²) >= 11 is 0. The molecule has 2 aromatic rings. The second-order valence-corrected chi connectivity index (χ2v) is 8.28. The highest BCUT2D eigenvalue weighted by atomic mass is 32.2. The van der Waals surface area contributed by atoms with Gasteiger partial charge in [-0.05, 0) is 24.3 Å². The van der Waals surface area contributed by atoms with Crippen LogP contribution in [-0.2, 0) is 33.8 Å². The molecule has 1 aliphatic heterocycles. The second kappa shape index (κ2) is 10.4. The van der Waals surface area contributed by atoms with Gasteiger partial charge in [0.15, 0.2) is 5.82 Å². The first-order valence-electron chi connectivity index (χ1n) is 9.59. The lowest BCUT2D eigenvalue weighted by Gasteiger charge is -2.31. The van der Waals surface area contributed by atoms with E-state index in [1.165, 1.54) is 63.7 Å². The molecule has 0 saturated heterocycles. The average molecular weight is 494 g/mol. The maximum Gasteiger partial charge on any atom is 0.355 e. The molecule has 1 aromatic carbocycles. The number of carbonyl (C=O) groups is 2. The summed E-state index contributed by atoms with van der Waals surface area (Å²) in [6.07, 6.45) is 0. The van der Waals surface area contributed by atoms with E-state index in [1.54, 1.807) is 0 Å². The van der Waals surface area contributed by atoms with E-state index in [0.717, 1.165) is 0 Å². The fourth-order valence-electron chi connectivity index (χ4n) is 3.00. The smallest absolute Gasteiger partial charge is 0.355 e. The Morgan fingerprint density at radius 2 is 1.68 bits per heavy atom. The number of hydrogen-bond donors (Lipinski definition) is 1. The quantitative estimate of drug-likeness (QED) is 0.513. The molecule has 0 aliphatic carbocycles. The van der Waals surface area contributed by atoms with Crippen LogP contribution in [0.3, 0.4) is 0 Å². The highest BCUT2D eigenvalue weighted by Crippen LogP contribution is 2.28. The highest BCUT2D eigenvalue weighted by molar-refractivity contribution is 7.92. The first-order valence-corrected chi connectivity index (χ1v) is 11.1. The lowest BCUT2D eigenvalue weighted by molar-refractivity contribution is -0.140. The molecule has 0 atom stereocenters. The fraction of sp³-hybridized carbons (Fsp3) is 0.300. The van der Waals surface area contributed by atoms with Gasteiger partial charge in [-0.3, -0.25) is 4.72 Å². The first-order chi connectivity index (χ1) is 16.2. The van der Waals surface area contributed by atoms with Crippen molar-refractivity contribution in [1.82, 2.24) is 9.97 Å². The van der Waals surface area contributed by atoms with E-state index in [4.69, 9.17) is 23.7 Å². The van der Waals surface area contributed by atoms with Crippen LogP contribution in [0.25, 0.3) is 0 Å². The number of aromatic nitrogens is 2. The molecule has 0 radical (unpaired) electrons. The Labute approximate surface area is 195 Å². The topological polar surface area (TPSA) is 155 Å². The molecule has 0 spiro atoms. The van der Waals surface area contributed by atoms with Crippen molar-refractivity contribution in [1.29, 1.82) is 0 Å². The Morgan fingerprint density at radius 1 is 1.00 bits per heavy atom. The summed E-state index contributed by atoms with van der Waals surface area (Å²) in [5.74, 6) is -1.47. The molecule has 1 aliphatic rings. The van der Waals surface area contributed by atoms with Gasteiger partial charge in [-0.2, -0.15) is 9.97 Å². The van der Waals surface area contributed by atoms with Crippen LogP contribution in [0, 0.1) is 0 Å². The summed E-state index contributed by atoms with van der Waals surface area (Å²) < 4.78 is 52.9. The van der Waals surface area contributed by atoms with E-state index in [2.05, 4.69) is 14.7 Å². The zero-order valence-corrected chi connectivity index (χ0v) is 19.5. The molecule has 13 nitrogen and oxygen atoms in total. The predicted molar refractivity (Wildman–Crippen MR) is 117 cm³/mol. The predicted octanol–water partition coefficient (Wildman–Crippen LogP) is 0.689. The third-order valence-electron chi connectivity index (χ3n) is 4.60. The van der Waals surface area contributed by atoms with Gasteiger partial charge in [0.2, 0.25) is 5.88 Å². The van der Waals surface area contributed by atoms with Gasteiger partial charge < -0.3 is 28.6 Å². The number of esters is 2. The molecule has 0 amide bonds. The number of benzene rings is 1. The first kappa shape index (κ1) is 24.7. The minimum atomic E-state index is -4.05. The number of anilines is 2. The summed E-state index contributed by atoms with van der Waals surface area (Å²) in [5, 5.41) is 0. The molecule has 182 valence electrons.